The van der Waals surface area contributed by atoms with Crippen molar-refractivity contribution in [2.45, 2.75) is 44.8 Å². The first kappa shape index (κ1) is 10.8. The Morgan fingerprint density at radius 1 is 1.29 bits per heavy atom. The number of rotatable bonds is 3. The molecule has 0 aromatic heterocycles. The third-order valence-electron chi connectivity index (χ3n) is 3.60. The number of hydrogen-bond acceptors (Lipinski definition) is 3. The van der Waals surface area contributed by atoms with E-state index in [0.29, 0.717) is 0 Å². The Morgan fingerprint density at radius 2 is 2.07 bits per heavy atom. The Labute approximate surface area is 91.8 Å². The van der Waals surface area contributed by atoms with Gasteiger partial charge in [0.15, 0.2) is 0 Å². The Bertz CT molecular complexity index is 182. The lowest BCUT2D eigenvalue weighted by Crippen LogP contribution is -2.61. The molecule has 2 heterocycles. The predicted molar refractivity (Wildman–Crippen MR) is 64.0 cm³/mol. The Morgan fingerprint density at radius 3 is 2.57 bits per heavy atom. The highest BCUT2D eigenvalue weighted by Gasteiger charge is 2.34. The van der Waals surface area contributed by atoms with Gasteiger partial charge in [0.2, 0.25) is 0 Å². The van der Waals surface area contributed by atoms with Gasteiger partial charge in [-0.25, -0.2) is 0 Å². The Hall–Kier alpha value is 0.270. The number of thioether (sulfide) groups is 1. The van der Waals surface area contributed by atoms with Crippen molar-refractivity contribution in [2.24, 2.45) is 0 Å². The van der Waals surface area contributed by atoms with Crippen molar-refractivity contribution in [3.8, 4) is 0 Å². The van der Waals surface area contributed by atoms with Crippen molar-refractivity contribution in [2.75, 3.05) is 24.6 Å². The molecule has 0 saturated carbocycles. The molecule has 0 aromatic rings. The summed E-state index contributed by atoms with van der Waals surface area (Å²) in [7, 11) is 0. The van der Waals surface area contributed by atoms with E-state index in [0.717, 1.165) is 18.1 Å². The van der Waals surface area contributed by atoms with Crippen molar-refractivity contribution in [1.82, 2.24) is 10.2 Å². The summed E-state index contributed by atoms with van der Waals surface area (Å²) in [4.78, 5) is 2.77. The van der Waals surface area contributed by atoms with Gasteiger partial charge in [0.25, 0.3) is 0 Å². The molecule has 14 heavy (non-hydrogen) atoms. The lowest BCUT2D eigenvalue weighted by molar-refractivity contribution is 0.0923. The number of nitrogens with one attached hydrogen (secondary N) is 1. The minimum atomic E-state index is 0.739. The zero-order valence-electron chi connectivity index (χ0n) is 9.33. The fourth-order valence-corrected chi connectivity index (χ4v) is 3.23. The molecule has 2 atom stereocenters. The van der Waals surface area contributed by atoms with Crippen LogP contribution in [0.2, 0.25) is 0 Å². The van der Waals surface area contributed by atoms with Gasteiger partial charge in [-0.15, -0.1) is 0 Å². The number of piperazine rings is 1. The quantitative estimate of drug-likeness (QED) is 0.767. The average Bonchev–Trinajstić information content (AvgIpc) is 2.15. The van der Waals surface area contributed by atoms with Crippen LogP contribution in [0, 0.1) is 0 Å². The van der Waals surface area contributed by atoms with Crippen LogP contribution in [0.5, 0.6) is 0 Å². The van der Waals surface area contributed by atoms with Gasteiger partial charge in [0.05, 0.1) is 0 Å². The van der Waals surface area contributed by atoms with Crippen LogP contribution in [-0.4, -0.2) is 47.6 Å². The lowest BCUT2D eigenvalue weighted by Gasteiger charge is -2.47. The zero-order chi connectivity index (χ0) is 9.97. The van der Waals surface area contributed by atoms with Crippen LogP contribution in [0.25, 0.3) is 0 Å². The second kappa shape index (κ2) is 4.86. The fourth-order valence-electron chi connectivity index (χ4n) is 2.40. The summed E-state index contributed by atoms with van der Waals surface area (Å²) in [5.74, 6) is 2.74. The van der Waals surface area contributed by atoms with E-state index in [1.54, 1.807) is 0 Å². The van der Waals surface area contributed by atoms with Crippen LogP contribution in [0.15, 0.2) is 0 Å². The van der Waals surface area contributed by atoms with Crippen LogP contribution >= 0.6 is 11.8 Å². The second-order valence-electron chi connectivity index (χ2n) is 4.46. The minimum absolute atomic E-state index is 0.739. The summed E-state index contributed by atoms with van der Waals surface area (Å²) >= 11 is 2.10. The Kier molecular flexibility index (Phi) is 3.74. The molecule has 0 aromatic carbocycles. The van der Waals surface area contributed by atoms with Gasteiger partial charge in [-0.05, 0) is 12.8 Å². The van der Waals surface area contributed by atoms with E-state index in [9.17, 15) is 0 Å². The molecule has 2 aliphatic heterocycles. The maximum Gasteiger partial charge on any atom is 0.0281 e. The third kappa shape index (κ3) is 2.10. The van der Waals surface area contributed by atoms with Crippen LogP contribution in [0.1, 0.15) is 26.7 Å². The van der Waals surface area contributed by atoms with Crippen LogP contribution < -0.4 is 5.32 Å². The van der Waals surface area contributed by atoms with E-state index in [2.05, 4.69) is 35.8 Å². The highest BCUT2D eigenvalue weighted by atomic mass is 32.2. The van der Waals surface area contributed by atoms with Gasteiger partial charge >= 0.3 is 0 Å². The maximum atomic E-state index is 3.65. The van der Waals surface area contributed by atoms with E-state index in [-0.39, 0.29) is 0 Å². The van der Waals surface area contributed by atoms with Crippen LogP contribution in [0.4, 0.5) is 0 Å². The predicted octanol–water partition coefficient (Wildman–Crippen LogP) is 1.56. The zero-order valence-corrected chi connectivity index (χ0v) is 10.1. The first-order valence-corrected chi connectivity index (χ1v) is 7.07. The maximum absolute atomic E-state index is 3.65. The number of nitrogens with zero attached hydrogens (tertiary/aromatic N) is 1. The van der Waals surface area contributed by atoms with Gasteiger partial charge in [-0.1, -0.05) is 13.8 Å². The molecule has 2 rings (SSSR count). The van der Waals surface area contributed by atoms with Crippen LogP contribution in [-0.2, 0) is 0 Å². The minimum Gasteiger partial charge on any atom is -0.311 e. The molecule has 0 spiro atoms. The molecule has 0 radical (unpaired) electrons. The summed E-state index contributed by atoms with van der Waals surface area (Å²) in [6.45, 7) is 7.09. The van der Waals surface area contributed by atoms with E-state index >= 15 is 0 Å². The topological polar surface area (TPSA) is 15.3 Å². The van der Waals surface area contributed by atoms with E-state index in [1.807, 2.05) is 0 Å². The third-order valence-corrected chi connectivity index (χ3v) is 4.84. The first-order valence-electron chi connectivity index (χ1n) is 5.92. The molecule has 2 unspecified atom stereocenters. The van der Waals surface area contributed by atoms with Gasteiger partial charge in [-0.3, -0.25) is 4.90 Å². The van der Waals surface area contributed by atoms with Crippen molar-refractivity contribution < 1.29 is 0 Å². The summed E-state index contributed by atoms with van der Waals surface area (Å²) in [5.41, 5.74) is 0. The normalized spacial score (nSPS) is 35.6. The van der Waals surface area contributed by atoms with Gasteiger partial charge in [0, 0.05) is 42.7 Å². The summed E-state index contributed by atoms with van der Waals surface area (Å²) < 4.78 is 0. The summed E-state index contributed by atoms with van der Waals surface area (Å²) in [6.07, 6.45) is 2.57. The van der Waals surface area contributed by atoms with Gasteiger partial charge in [0.1, 0.15) is 0 Å². The monoisotopic (exact) mass is 214 g/mol. The SMILES string of the molecule is CCC1CN(C2CSC2)C(CC)CN1. The van der Waals surface area contributed by atoms with Crippen molar-refractivity contribution >= 4 is 11.8 Å². The van der Waals surface area contributed by atoms with E-state index in [4.69, 9.17) is 0 Å². The molecule has 2 saturated heterocycles. The molecule has 0 bridgehead atoms. The summed E-state index contributed by atoms with van der Waals surface area (Å²) in [5, 5.41) is 3.65. The molecular weight excluding hydrogens is 192 g/mol. The van der Waals surface area contributed by atoms with Gasteiger partial charge < -0.3 is 5.32 Å². The number of hydrogen-bond donors (Lipinski definition) is 1. The molecule has 82 valence electrons. The molecule has 0 amide bonds. The molecule has 2 nitrogen and oxygen atoms in total. The van der Waals surface area contributed by atoms with E-state index < -0.39 is 0 Å². The standard InChI is InChI=1S/C11H22N2S/c1-3-9-6-13(11-7-14-8-11)10(4-2)5-12-9/h9-12H,3-8H2,1-2H3. The smallest absolute Gasteiger partial charge is 0.0281 e. The fraction of sp³-hybridized carbons (Fsp3) is 1.00. The van der Waals surface area contributed by atoms with Crippen molar-refractivity contribution in [3.63, 3.8) is 0 Å². The molecule has 3 heteroatoms. The molecule has 2 aliphatic rings. The van der Waals surface area contributed by atoms with Gasteiger partial charge in [-0.2, -0.15) is 11.8 Å². The van der Waals surface area contributed by atoms with Crippen molar-refractivity contribution in [3.05, 3.63) is 0 Å². The largest absolute Gasteiger partial charge is 0.311 e. The van der Waals surface area contributed by atoms with E-state index in [1.165, 1.54) is 37.4 Å². The molecule has 2 fully saturated rings. The molecule has 1 N–H and O–H groups in total. The van der Waals surface area contributed by atoms with Crippen molar-refractivity contribution in [1.29, 1.82) is 0 Å². The summed E-state index contributed by atoms with van der Waals surface area (Å²) in [6, 6.07) is 2.42. The molecular formula is C11H22N2S. The Balaban J connectivity index is 1.93. The average molecular weight is 214 g/mol. The second-order valence-corrected chi connectivity index (χ2v) is 5.54. The lowest BCUT2D eigenvalue weighted by atomic mass is 10.0. The highest BCUT2D eigenvalue weighted by molar-refractivity contribution is 8.00. The van der Waals surface area contributed by atoms with Crippen LogP contribution in [0.3, 0.4) is 0 Å². The first-order chi connectivity index (χ1) is 6.85. The molecule has 0 aliphatic carbocycles. The highest BCUT2D eigenvalue weighted by Crippen LogP contribution is 2.27.